The van der Waals surface area contributed by atoms with Crippen LogP contribution in [0.15, 0.2) is 71.3 Å². The molecule has 0 aliphatic rings. The number of hydrogen-bond donors (Lipinski definition) is 0. The van der Waals surface area contributed by atoms with Crippen molar-refractivity contribution >= 4 is 5.97 Å². The first kappa shape index (κ1) is 14.1. The Morgan fingerprint density at radius 2 is 1.68 bits per heavy atom. The zero-order valence-corrected chi connectivity index (χ0v) is 11.9. The average molecular weight is 293 g/mol. The van der Waals surface area contributed by atoms with Crippen LogP contribution in [0.25, 0.3) is 11.3 Å². The summed E-state index contributed by atoms with van der Waals surface area (Å²) in [6.45, 7) is 0.239. The van der Waals surface area contributed by atoms with Crippen molar-refractivity contribution in [1.82, 2.24) is 4.98 Å². The van der Waals surface area contributed by atoms with Crippen LogP contribution in [0.2, 0.25) is 0 Å². The van der Waals surface area contributed by atoms with Crippen LogP contribution in [0.3, 0.4) is 0 Å². The Morgan fingerprint density at radius 3 is 2.41 bits per heavy atom. The van der Waals surface area contributed by atoms with Crippen molar-refractivity contribution in [2.45, 2.75) is 6.42 Å². The zero-order valence-electron chi connectivity index (χ0n) is 11.9. The van der Waals surface area contributed by atoms with Crippen molar-refractivity contribution in [2.24, 2.45) is 0 Å². The summed E-state index contributed by atoms with van der Waals surface area (Å²) in [4.78, 5) is 16.0. The molecule has 1 aromatic heterocycles. The molecule has 4 nitrogen and oxygen atoms in total. The quantitative estimate of drug-likeness (QED) is 0.672. The van der Waals surface area contributed by atoms with Crippen molar-refractivity contribution in [3.05, 3.63) is 78.3 Å². The number of aromatic nitrogens is 1. The predicted octanol–water partition coefficient (Wildman–Crippen LogP) is 3.74. The van der Waals surface area contributed by atoms with E-state index in [-0.39, 0.29) is 12.6 Å². The van der Waals surface area contributed by atoms with E-state index in [0.717, 1.165) is 5.56 Å². The Balaban J connectivity index is 1.55. The van der Waals surface area contributed by atoms with Crippen molar-refractivity contribution in [3.8, 4) is 11.3 Å². The molecule has 22 heavy (non-hydrogen) atoms. The fourth-order valence-corrected chi connectivity index (χ4v) is 2.05. The van der Waals surface area contributed by atoms with Crippen molar-refractivity contribution in [2.75, 3.05) is 6.61 Å². The second-order valence-corrected chi connectivity index (χ2v) is 4.74. The second-order valence-electron chi connectivity index (χ2n) is 4.74. The maximum atomic E-state index is 11.8. The van der Waals surface area contributed by atoms with Gasteiger partial charge in [-0.2, -0.15) is 0 Å². The molecule has 2 aromatic carbocycles. The van der Waals surface area contributed by atoms with Crippen molar-refractivity contribution < 1.29 is 13.9 Å². The number of benzene rings is 2. The smallest absolute Gasteiger partial charge is 0.338 e. The highest BCUT2D eigenvalue weighted by molar-refractivity contribution is 5.89. The van der Waals surface area contributed by atoms with E-state index in [1.54, 1.807) is 30.5 Å². The van der Waals surface area contributed by atoms with E-state index in [9.17, 15) is 4.79 Å². The number of carbonyl (C=O) groups excluding carboxylic acids is 1. The van der Waals surface area contributed by atoms with Gasteiger partial charge < -0.3 is 9.15 Å². The average Bonchev–Trinajstić information content (AvgIpc) is 3.05. The van der Waals surface area contributed by atoms with Crippen LogP contribution in [-0.4, -0.2) is 17.6 Å². The maximum Gasteiger partial charge on any atom is 0.338 e. The van der Waals surface area contributed by atoms with Crippen LogP contribution in [0.1, 0.15) is 16.2 Å². The van der Waals surface area contributed by atoms with Crippen molar-refractivity contribution in [1.29, 1.82) is 0 Å². The van der Waals surface area contributed by atoms with E-state index in [0.29, 0.717) is 23.6 Å². The molecule has 0 unspecified atom stereocenters. The molecule has 0 fully saturated rings. The molecule has 0 spiro atoms. The largest absolute Gasteiger partial charge is 0.462 e. The molecule has 0 N–H and O–H groups in total. The molecule has 3 aromatic rings. The summed E-state index contributed by atoms with van der Waals surface area (Å²) >= 11 is 0. The topological polar surface area (TPSA) is 52.3 Å². The Hall–Kier alpha value is -2.88. The van der Waals surface area contributed by atoms with Gasteiger partial charge in [0, 0.05) is 5.56 Å². The van der Waals surface area contributed by atoms with Gasteiger partial charge in [0.2, 0.25) is 0 Å². The highest BCUT2D eigenvalue weighted by Crippen LogP contribution is 2.19. The summed E-state index contributed by atoms with van der Waals surface area (Å²) in [5, 5.41) is 0. The number of carbonyl (C=O) groups is 1. The third-order valence-electron chi connectivity index (χ3n) is 3.17. The molecule has 0 aliphatic heterocycles. The van der Waals surface area contributed by atoms with Gasteiger partial charge in [-0.1, -0.05) is 48.5 Å². The summed E-state index contributed by atoms with van der Waals surface area (Å²) in [5.41, 5.74) is 1.52. The first-order valence-corrected chi connectivity index (χ1v) is 7.05. The fraction of sp³-hybridized carbons (Fsp3) is 0.111. The van der Waals surface area contributed by atoms with Crippen LogP contribution in [0.4, 0.5) is 0 Å². The van der Waals surface area contributed by atoms with Gasteiger partial charge in [-0.05, 0) is 12.1 Å². The second kappa shape index (κ2) is 6.72. The fourth-order valence-electron chi connectivity index (χ4n) is 2.05. The first-order valence-electron chi connectivity index (χ1n) is 7.05. The lowest BCUT2D eigenvalue weighted by Gasteiger charge is -2.02. The molecule has 3 rings (SSSR count). The van der Waals surface area contributed by atoms with Crippen LogP contribution in [-0.2, 0) is 11.2 Å². The summed E-state index contributed by atoms with van der Waals surface area (Å²) in [6, 6.07) is 18.7. The van der Waals surface area contributed by atoms with Gasteiger partial charge >= 0.3 is 5.97 Å². The van der Waals surface area contributed by atoms with E-state index < -0.39 is 0 Å². The third kappa shape index (κ3) is 3.41. The molecule has 0 aliphatic carbocycles. The lowest BCUT2D eigenvalue weighted by atomic mass is 10.2. The van der Waals surface area contributed by atoms with Crippen molar-refractivity contribution in [3.63, 3.8) is 0 Å². The molecular formula is C18H15NO3. The van der Waals surface area contributed by atoms with E-state index in [1.807, 2.05) is 36.4 Å². The normalized spacial score (nSPS) is 10.4. The minimum Gasteiger partial charge on any atom is -0.462 e. The monoisotopic (exact) mass is 293 g/mol. The highest BCUT2D eigenvalue weighted by Gasteiger charge is 2.09. The Bertz CT molecular complexity index is 735. The first-order chi connectivity index (χ1) is 10.8. The molecule has 110 valence electrons. The summed E-state index contributed by atoms with van der Waals surface area (Å²) < 4.78 is 10.9. The number of esters is 1. The number of nitrogens with zero attached hydrogens (tertiary/aromatic N) is 1. The molecule has 0 bridgehead atoms. The lowest BCUT2D eigenvalue weighted by molar-refractivity contribution is 0.0503. The Labute approximate surface area is 128 Å². The standard InChI is InChI=1S/C18H15NO3/c20-18(15-9-5-2-6-10-15)21-12-11-17-19-13-16(22-17)14-7-3-1-4-8-14/h1-10,13H,11-12H2. The molecule has 0 radical (unpaired) electrons. The van der Waals surface area contributed by atoms with Gasteiger partial charge in [0.15, 0.2) is 11.7 Å². The van der Waals surface area contributed by atoms with Crippen LogP contribution >= 0.6 is 0 Å². The highest BCUT2D eigenvalue weighted by atomic mass is 16.5. The summed E-state index contributed by atoms with van der Waals surface area (Å²) in [5.74, 6) is 0.931. The summed E-state index contributed by atoms with van der Waals surface area (Å²) in [7, 11) is 0. The van der Waals surface area contributed by atoms with Gasteiger partial charge in [-0.15, -0.1) is 0 Å². The molecule has 0 saturated carbocycles. The molecule has 0 saturated heterocycles. The number of ether oxygens (including phenoxy) is 1. The third-order valence-corrected chi connectivity index (χ3v) is 3.17. The Kier molecular flexibility index (Phi) is 4.30. The summed E-state index contributed by atoms with van der Waals surface area (Å²) in [6.07, 6.45) is 2.13. The van der Waals surface area contributed by atoms with Crippen LogP contribution < -0.4 is 0 Å². The SMILES string of the molecule is O=C(OCCc1ncc(-c2ccccc2)o1)c1ccccc1. The lowest BCUT2D eigenvalue weighted by Crippen LogP contribution is -2.08. The Morgan fingerprint density at radius 1 is 1.00 bits per heavy atom. The molecule has 4 heteroatoms. The minimum absolute atomic E-state index is 0.239. The van der Waals surface area contributed by atoms with Gasteiger partial charge in [0.25, 0.3) is 0 Å². The van der Waals surface area contributed by atoms with Crippen LogP contribution in [0.5, 0.6) is 0 Å². The van der Waals surface area contributed by atoms with Gasteiger partial charge in [0.1, 0.15) is 6.61 Å². The number of oxazole rings is 1. The molecule has 1 heterocycles. The molecular weight excluding hydrogens is 278 g/mol. The minimum atomic E-state index is -0.338. The zero-order chi connectivity index (χ0) is 15.2. The van der Waals surface area contributed by atoms with E-state index in [4.69, 9.17) is 9.15 Å². The maximum absolute atomic E-state index is 11.8. The van der Waals surface area contributed by atoms with Gasteiger partial charge in [-0.25, -0.2) is 9.78 Å². The van der Waals surface area contributed by atoms with Crippen LogP contribution in [0, 0.1) is 0 Å². The van der Waals surface area contributed by atoms with E-state index >= 15 is 0 Å². The van der Waals surface area contributed by atoms with Gasteiger partial charge in [0.05, 0.1) is 18.2 Å². The predicted molar refractivity (Wildman–Crippen MR) is 82.4 cm³/mol. The van der Waals surface area contributed by atoms with E-state index in [2.05, 4.69) is 4.98 Å². The van der Waals surface area contributed by atoms with E-state index in [1.165, 1.54) is 0 Å². The molecule has 0 atom stereocenters. The van der Waals surface area contributed by atoms with Gasteiger partial charge in [-0.3, -0.25) is 0 Å². The molecule has 0 amide bonds. The number of rotatable bonds is 5. The number of hydrogen-bond acceptors (Lipinski definition) is 4.